The Kier molecular flexibility index (Phi) is 3.59. The van der Waals surface area contributed by atoms with E-state index in [1.807, 2.05) is 10.8 Å². The highest BCUT2D eigenvalue weighted by atomic mass is 32.2. The lowest BCUT2D eigenvalue weighted by molar-refractivity contribution is 0.598. The highest BCUT2D eigenvalue weighted by Crippen LogP contribution is 2.21. The minimum Gasteiger partial charge on any atom is -0.398 e. The molecule has 0 radical (unpaired) electrons. The Morgan fingerprint density at radius 3 is 2.68 bits per heavy atom. The molecule has 0 aliphatic heterocycles. The summed E-state index contributed by atoms with van der Waals surface area (Å²) in [4.78, 5) is 4.20. The predicted octanol–water partition coefficient (Wildman–Crippen LogP) is 1.05. The lowest BCUT2D eigenvalue weighted by atomic mass is 10.2. The molecule has 1 heterocycles. The monoisotopic (exact) mass is 280 g/mol. The van der Waals surface area contributed by atoms with Gasteiger partial charge in [-0.1, -0.05) is 6.92 Å². The van der Waals surface area contributed by atoms with E-state index in [0.717, 1.165) is 24.4 Å². The second kappa shape index (κ2) is 5.02. The fourth-order valence-electron chi connectivity index (χ4n) is 1.92. The van der Waals surface area contributed by atoms with E-state index >= 15 is 0 Å². The number of rotatable bonds is 4. The first-order valence-corrected chi connectivity index (χ1v) is 7.43. The number of sulfonamides is 1. The van der Waals surface area contributed by atoms with Crippen LogP contribution in [0.4, 0.5) is 5.69 Å². The minimum absolute atomic E-state index is 0.0617. The van der Waals surface area contributed by atoms with Crippen LogP contribution in [0, 0.1) is 0 Å². The molecule has 4 N–H and O–H groups in total. The summed E-state index contributed by atoms with van der Waals surface area (Å²) in [7, 11) is -3.79. The molecule has 1 aromatic heterocycles. The Hall–Kier alpha value is -1.86. The van der Waals surface area contributed by atoms with Gasteiger partial charge in [-0.15, -0.1) is 0 Å². The van der Waals surface area contributed by atoms with E-state index in [-0.39, 0.29) is 10.6 Å². The molecule has 0 amide bonds. The topological polar surface area (TPSA) is 104 Å². The standard InChI is InChI=1S/C12H16N4O2S/c1-2-3-12-15-6-7-16(12)9-4-5-11(10(13)8-9)19(14,17)18/h4-8H,2-3,13H2,1H3,(H2,14,17,18). The van der Waals surface area contributed by atoms with E-state index < -0.39 is 10.0 Å². The molecule has 0 fully saturated rings. The van der Waals surface area contributed by atoms with Gasteiger partial charge in [0.2, 0.25) is 10.0 Å². The SMILES string of the molecule is CCCc1nccn1-c1ccc(S(N)(=O)=O)c(N)c1. The zero-order valence-corrected chi connectivity index (χ0v) is 11.4. The highest BCUT2D eigenvalue weighted by Gasteiger charge is 2.13. The van der Waals surface area contributed by atoms with Crippen LogP contribution in [-0.4, -0.2) is 18.0 Å². The molecule has 19 heavy (non-hydrogen) atoms. The zero-order chi connectivity index (χ0) is 14.0. The first-order valence-electron chi connectivity index (χ1n) is 5.88. The fraction of sp³-hybridized carbons (Fsp3) is 0.250. The van der Waals surface area contributed by atoms with Gasteiger partial charge in [-0.3, -0.25) is 0 Å². The van der Waals surface area contributed by atoms with Crippen molar-refractivity contribution >= 4 is 15.7 Å². The van der Waals surface area contributed by atoms with E-state index in [4.69, 9.17) is 10.9 Å². The van der Waals surface area contributed by atoms with E-state index in [1.165, 1.54) is 6.07 Å². The van der Waals surface area contributed by atoms with Gasteiger partial charge in [0.15, 0.2) is 0 Å². The van der Waals surface area contributed by atoms with Crippen LogP contribution in [0.1, 0.15) is 19.2 Å². The summed E-state index contributed by atoms with van der Waals surface area (Å²) in [6.07, 6.45) is 5.33. The Morgan fingerprint density at radius 2 is 2.11 bits per heavy atom. The van der Waals surface area contributed by atoms with Gasteiger partial charge < -0.3 is 10.3 Å². The van der Waals surface area contributed by atoms with Crippen molar-refractivity contribution in [2.75, 3.05) is 5.73 Å². The van der Waals surface area contributed by atoms with Crippen LogP contribution in [0.2, 0.25) is 0 Å². The smallest absolute Gasteiger partial charge is 0.240 e. The maximum Gasteiger partial charge on any atom is 0.240 e. The summed E-state index contributed by atoms with van der Waals surface area (Å²) in [6.45, 7) is 2.07. The first kappa shape index (κ1) is 13.6. The molecule has 0 atom stereocenters. The first-order chi connectivity index (χ1) is 8.93. The van der Waals surface area contributed by atoms with Crippen LogP contribution in [-0.2, 0) is 16.4 Å². The van der Waals surface area contributed by atoms with E-state index in [1.54, 1.807) is 18.3 Å². The molecule has 0 bridgehead atoms. The molecular weight excluding hydrogens is 264 g/mol. The number of hydrogen-bond donors (Lipinski definition) is 2. The summed E-state index contributed by atoms with van der Waals surface area (Å²) in [5, 5.41) is 5.08. The van der Waals surface area contributed by atoms with Crippen LogP contribution in [0.5, 0.6) is 0 Å². The number of aryl methyl sites for hydroxylation is 1. The van der Waals surface area contributed by atoms with Gasteiger partial charge in [-0.05, 0) is 24.6 Å². The van der Waals surface area contributed by atoms with Crippen LogP contribution < -0.4 is 10.9 Å². The van der Waals surface area contributed by atoms with Crippen LogP contribution in [0.25, 0.3) is 5.69 Å². The second-order valence-corrected chi connectivity index (χ2v) is 5.76. The van der Waals surface area contributed by atoms with Crippen molar-refractivity contribution < 1.29 is 8.42 Å². The quantitative estimate of drug-likeness (QED) is 0.817. The molecule has 0 aliphatic rings. The molecular formula is C12H16N4O2S. The Balaban J connectivity index is 2.48. The third kappa shape index (κ3) is 2.77. The number of benzene rings is 1. The zero-order valence-electron chi connectivity index (χ0n) is 10.6. The third-order valence-corrected chi connectivity index (χ3v) is 3.75. The summed E-state index contributed by atoms with van der Waals surface area (Å²) in [5.41, 5.74) is 6.65. The van der Waals surface area contributed by atoms with Crippen molar-refractivity contribution in [2.45, 2.75) is 24.7 Å². The van der Waals surface area contributed by atoms with Gasteiger partial charge >= 0.3 is 0 Å². The lowest BCUT2D eigenvalue weighted by Gasteiger charge is -2.10. The van der Waals surface area contributed by atoms with Gasteiger partial charge in [0.05, 0.1) is 5.69 Å². The molecule has 7 heteroatoms. The van der Waals surface area contributed by atoms with Gasteiger partial charge in [-0.2, -0.15) is 0 Å². The molecule has 0 saturated carbocycles. The second-order valence-electron chi connectivity index (χ2n) is 4.23. The molecule has 2 rings (SSSR count). The van der Waals surface area contributed by atoms with Crippen LogP contribution >= 0.6 is 0 Å². The van der Waals surface area contributed by atoms with Crippen molar-refractivity contribution in [3.63, 3.8) is 0 Å². The van der Waals surface area contributed by atoms with Gasteiger partial charge in [0.25, 0.3) is 0 Å². The van der Waals surface area contributed by atoms with Gasteiger partial charge in [0.1, 0.15) is 10.7 Å². The Labute approximate surface area is 112 Å². The number of hydrogen-bond acceptors (Lipinski definition) is 4. The summed E-state index contributed by atoms with van der Waals surface area (Å²) >= 11 is 0. The average Bonchev–Trinajstić information content (AvgIpc) is 2.76. The van der Waals surface area contributed by atoms with Crippen LogP contribution in [0.15, 0.2) is 35.5 Å². The molecule has 0 saturated heterocycles. The molecule has 2 aromatic rings. The van der Waals surface area contributed by atoms with Crippen LogP contribution in [0.3, 0.4) is 0 Å². The van der Waals surface area contributed by atoms with E-state index in [9.17, 15) is 8.42 Å². The lowest BCUT2D eigenvalue weighted by Crippen LogP contribution is -2.14. The Bertz CT molecular complexity index is 692. The molecule has 0 unspecified atom stereocenters. The number of nitrogens with zero attached hydrogens (tertiary/aromatic N) is 2. The van der Waals surface area contributed by atoms with Crippen molar-refractivity contribution in [2.24, 2.45) is 5.14 Å². The highest BCUT2D eigenvalue weighted by molar-refractivity contribution is 7.89. The maximum atomic E-state index is 11.3. The van der Waals surface area contributed by atoms with Crippen molar-refractivity contribution in [3.8, 4) is 5.69 Å². The molecule has 102 valence electrons. The average molecular weight is 280 g/mol. The number of nitrogen functional groups attached to an aromatic ring is 1. The largest absolute Gasteiger partial charge is 0.398 e. The minimum atomic E-state index is -3.79. The van der Waals surface area contributed by atoms with Gasteiger partial charge in [0, 0.05) is 24.5 Å². The third-order valence-electron chi connectivity index (χ3n) is 2.77. The molecule has 6 nitrogen and oxygen atoms in total. The number of imidazole rings is 1. The predicted molar refractivity (Wildman–Crippen MR) is 73.3 cm³/mol. The number of primary sulfonamides is 1. The van der Waals surface area contributed by atoms with Crippen molar-refractivity contribution in [1.82, 2.24) is 9.55 Å². The number of anilines is 1. The normalized spacial score (nSPS) is 11.7. The molecule has 1 aromatic carbocycles. The number of nitrogens with two attached hydrogens (primary N) is 2. The van der Waals surface area contributed by atoms with E-state index in [2.05, 4.69) is 11.9 Å². The molecule has 0 spiro atoms. The number of aromatic nitrogens is 2. The Morgan fingerprint density at radius 1 is 1.37 bits per heavy atom. The van der Waals surface area contributed by atoms with Gasteiger partial charge in [-0.25, -0.2) is 18.5 Å². The summed E-state index contributed by atoms with van der Waals surface area (Å²) in [6, 6.07) is 4.66. The molecule has 0 aliphatic carbocycles. The van der Waals surface area contributed by atoms with Crippen molar-refractivity contribution in [1.29, 1.82) is 0 Å². The van der Waals surface area contributed by atoms with Crippen molar-refractivity contribution in [3.05, 3.63) is 36.4 Å². The summed E-state index contributed by atoms with van der Waals surface area (Å²) < 4.78 is 24.5. The fourth-order valence-corrected chi connectivity index (χ4v) is 2.57. The maximum absolute atomic E-state index is 11.3. The summed E-state index contributed by atoms with van der Waals surface area (Å²) in [5.74, 6) is 0.908. The van der Waals surface area contributed by atoms with E-state index in [0.29, 0.717) is 0 Å².